The molecule has 3 heterocycles. The molecule has 19 heavy (non-hydrogen) atoms. The van der Waals surface area contributed by atoms with Crippen molar-refractivity contribution in [2.45, 2.75) is 25.4 Å². The number of piperidine rings is 1. The Morgan fingerprint density at radius 1 is 1.42 bits per heavy atom. The normalized spacial score (nSPS) is 19.4. The summed E-state index contributed by atoms with van der Waals surface area (Å²) in [5, 5.41) is 10.5. The third-order valence-electron chi connectivity index (χ3n) is 3.27. The van der Waals surface area contributed by atoms with Crippen LogP contribution in [0, 0.1) is 0 Å². The molecular formula is C14H16N2OS2. The number of amides is 1. The predicted molar refractivity (Wildman–Crippen MR) is 80.5 cm³/mol. The van der Waals surface area contributed by atoms with E-state index in [1.165, 1.54) is 15.3 Å². The molecule has 1 aliphatic rings. The summed E-state index contributed by atoms with van der Waals surface area (Å²) in [6, 6.07) is 6.39. The van der Waals surface area contributed by atoms with Crippen molar-refractivity contribution in [1.29, 1.82) is 0 Å². The number of hydrogen-bond donors (Lipinski definition) is 2. The smallest absolute Gasteiger partial charge is 0.237 e. The van der Waals surface area contributed by atoms with Crippen LogP contribution in [0.1, 0.15) is 17.7 Å². The van der Waals surface area contributed by atoms with Crippen LogP contribution in [0.25, 0.3) is 10.4 Å². The lowest BCUT2D eigenvalue weighted by Crippen LogP contribution is -2.47. The number of carbonyl (C=O) groups excluding carboxylic acids is 1. The van der Waals surface area contributed by atoms with Gasteiger partial charge < -0.3 is 10.6 Å². The van der Waals surface area contributed by atoms with Gasteiger partial charge in [-0.2, -0.15) is 0 Å². The summed E-state index contributed by atoms with van der Waals surface area (Å²) in [7, 11) is 0. The fourth-order valence-corrected chi connectivity index (χ4v) is 3.86. The zero-order chi connectivity index (χ0) is 13.1. The molecule has 3 nitrogen and oxygen atoms in total. The molecule has 100 valence electrons. The Kier molecular flexibility index (Phi) is 3.96. The maximum Gasteiger partial charge on any atom is 0.237 e. The highest BCUT2D eigenvalue weighted by Crippen LogP contribution is 2.29. The minimum atomic E-state index is -0.0268. The second-order valence-corrected chi connectivity index (χ2v) is 6.59. The Morgan fingerprint density at radius 3 is 3.16 bits per heavy atom. The molecule has 2 aromatic rings. The highest BCUT2D eigenvalue weighted by molar-refractivity contribution is 7.14. The molecular weight excluding hydrogens is 276 g/mol. The Balaban J connectivity index is 1.60. The van der Waals surface area contributed by atoms with Crippen LogP contribution in [0.15, 0.2) is 29.0 Å². The Morgan fingerprint density at radius 2 is 2.37 bits per heavy atom. The topological polar surface area (TPSA) is 41.1 Å². The predicted octanol–water partition coefficient (Wildman–Crippen LogP) is 2.84. The van der Waals surface area contributed by atoms with Crippen molar-refractivity contribution in [3.05, 3.63) is 33.8 Å². The van der Waals surface area contributed by atoms with Crippen LogP contribution in [0.4, 0.5) is 0 Å². The monoisotopic (exact) mass is 292 g/mol. The van der Waals surface area contributed by atoms with Crippen molar-refractivity contribution in [2.75, 3.05) is 6.54 Å². The van der Waals surface area contributed by atoms with E-state index in [4.69, 9.17) is 0 Å². The van der Waals surface area contributed by atoms with E-state index in [-0.39, 0.29) is 11.9 Å². The number of rotatable bonds is 4. The summed E-state index contributed by atoms with van der Waals surface area (Å²) < 4.78 is 0. The molecule has 0 aromatic carbocycles. The van der Waals surface area contributed by atoms with Gasteiger partial charge in [0.2, 0.25) is 5.91 Å². The summed E-state index contributed by atoms with van der Waals surface area (Å²) in [4.78, 5) is 14.2. The van der Waals surface area contributed by atoms with Crippen molar-refractivity contribution in [3.8, 4) is 10.4 Å². The summed E-state index contributed by atoms with van der Waals surface area (Å²) >= 11 is 3.51. The number of thiophene rings is 2. The van der Waals surface area contributed by atoms with Gasteiger partial charge in [0.25, 0.3) is 0 Å². The molecule has 1 fully saturated rings. The van der Waals surface area contributed by atoms with Gasteiger partial charge >= 0.3 is 0 Å². The molecule has 1 aliphatic heterocycles. The maximum absolute atomic E-state index is 11.6. The Bertz CT molecular complexity index is 548. The second kappa shape index (κ2) is 5.86. The summed E-state index contributed by atoms with van der Waals surface area (Å²) in [5.41, 5.74) is 1.28. The first-order chi connectivity index (χ1) is 9.33. The molecule has 1 unspecified atom stereocenters. The number of nitrogens with one attached hydrogen (secondary N) is 2. The number of carbonyl (C=O) groups is 1. The first kappa shape index (κ1) is 12.8. The van der Waals surface area contributed by atoms with Crippen LogP contribution >= 0.6 is 22.7 Å². The van der Waals surface area contributed by atoms with Gasteiger partial charge in [0.15, 0.2) is 0 Å². The van der Waals surface area contributed by atoms with Crippen LogP contribution in [-0.4, -0.2) is 18.5 Å². The lowest BCUT2D eigenvalue weighted by Gasteiger charge is -2.22. The lowest BCUT2D eigenvalue weighted by atomic mass is 10.1. The number of hydrogen-bond acceptors (Lipinski definition) is 4. The zero-order valence-corrected chi connectivity index (χ0v) is 12.2. The van der Waals surface area contributed by atoms with Crippen LogP contribution in [-0.2, 0) is 11.3 Å². The summed E-state index contributed by atoms with van der Waals surface area (Å²) in [6.45, 7) is 1.59. The van der Waals surface area contributed by atoms with Gasteiger partial charge in [0, 0.05) is 28.4 Å². The van der Waals surface area contributed by atoms with Crippen molar-refractivity contribution >= 4 is 28.6 Å². The van der Waals surface area contributed by atoms with E-state index in [1.54, 1.807) is 22.7 Å². The third kappa shape index (κ3) is 3.05. The SMILES string of the molecule is O=C1NCCCC1NCc1cc(-c2cccs2)cs1. The van der Waals surface area contributed by atoms with Crippen LogP contribution in [0.3, 0.4) is 0 Å². The molecule has 0 saturated carbocycles. The van der Waals surface area contributed by atoms with Gasteiger partial charge in [0.1, 0.15) is 0 Å². The first-order valence-corrected chi connectivity index (χ1v) is 8.21. The average Bonchev–Trinajstić information content (AvgIpc) is 3.09. The van der Waals surface area contributed by atoms with E-state index in [0.29, 0.717) is 0 Å². The second-order valence-electron chi connectivity index (χ2n) is 4.65. The van der Waals surface area contributed by atoms with E-state index in [9.17, 15) is 4.79 Å². The van der Waals surface area contributed by atoms with Crippen LogP contribution < -0.4 is 10.6 Å². The quantitative estimate of drug-likeness (QED) is 0.910. The minimum absolute atomic E-state index is 0.0268. The molecule has 1 saturated heterocycles. The van der Waals surface area contributed by atoms with Gasteiger partial charge in [-0.15, -0.1) is 22.7 Å². The van der Waals surface area contributed by atoms with Crippen LogP contribution in [0.2, 0.25) is 0 Å². The van der Waals surface area contributed by atoms with E-state index in [1.807, 2.05) is 0 Å². The molecule has 2 aromatic heterocycles. The molecule has 0 bridgehead atoms. The summed E-state index contributed by atoms with van der Waals surface area (Å²) in [5.74, 6) is 0.140. The molecule has 5 heteroatoms. The highest BCUT2D eigenvalue weighted by atomic mass is 32.1. The van der Waals surface area contributed by atoms with Crippen molar-refractivity contribution in [2.24, 2.45) is 0 Å². The fraction of sp³-hybridized carbons (Fsp3) is 0.357. The standard InChI is InChI=1S/C14H16N2OS2/c17-14-12(3-1-5-15-14)16-8-11-7-10(9-19-11)13-4-2-6-18-13/h2,4,6-7,9,12,16H,1,3,5,8H2,(H,15,17). The van der Waals surface area contributed by atoms with E-state index in [0.717, 1.165) is 25.9 Å². The van der Waals surface area contributed by atoms with Crippen molar-refractivity contribution < 1.29 is 4.79 Å². The molecule has 0 aliphatic carbocycles. The van der Waals surface area contributed by atoms with Gasteiger partial charge in [-0.1, -0.05) is 6.07 Å². The minimum Gasteiger partial charge on any atom is -0.355 e. The average molecular weight is 292 g/mol. The van der Waals surface area contributed by atoms with Gasteiger partial charge in [0.05, 0.1) is 6.04 Å². The van der Waals surface area contributed by atoms with E-state index >= 15 is 0 Å². The van der Waals surface area contributed by atoms with Gasteiger partial charge in [-0.25, -0.2) is 0 Å². The molecule has 1 atom stereocenters. The summed E-state index contributed by atoms with van der Waals surface area (Å²) in [6.07, 6.45) is 2.00. The van der Waals surface area contributed by atoms with Gasteiger partial charge in [-0.05, 0) is 35.7 Å². The van der Waals surface area contributed by atoms with Crippen molar-refractivity contribution in [1.82, 2.24) is 10.6 Å². The van der Waals surface area contributed by atoms with E-state index in [2.05, 4.69) is 39.6 Å². The van der Waals surface area contributed by atoms with Crippen LogP contribution in [0.5, 0.6) is 0 Å². The Hall–Kier alpha value is -1.17. The van der Waals surface area contributed by atoms with E-state index < -0.39 is 0 Å². The molecule has 2 N–H and O–H groups in total. The largest absolute Gasteiger partial charge is 0.355 e. The Labute approximate surface area is 120 Å². The third-order valence-corrected chi connectivity index (χ3v) is 5.12. The molecule has 0 spiro atoms. The first-order valence-electron chi connectivity index (χ1n) is 6.45. The van der Waals surface area contributed by atoms with Crippen molar-refractivity contribution in [3.63, 3.8) is 0 Å². The highest BCUT2D eigenvalue weighted by Gasteiger charge is 2.21. The zero-order valence-electron chi connectivity index (χ0n) is 10.5. The van der Waals surface area contributed by atoms with Gasteiger partial charge in [-0.3, -0.25) is 4.79 Å². The maximum atomic E-state index is 11.6. The molecule has 0 radical (unpaired) electrons. The lowest BCUT2D eigenvalue weighted by molar-refractivity contribution is -0.124. The fourth-order valence-electron chi connectivity index (χ4n) is 2.24. The molecule has 3 rings (SSSR count). The molecule has 1 amide bonds.